The predicted octanol–water partition coefficient (Wildman–Crippen LogP) is 3.00. The molecule has 3 aliphatic carbocycles. The normalized spacial score (nSPS) is 34.7. The first kappa shape index (κ1) is 14.7. The number of aliphatic carboxylic acids is 1. The van der Waals surface area contributed by atoms with Gasteiger partial charge in [-0.15, -0.1) is 0 Å². The second-order valence-corrected chi connectivity index (χ2v) is 7.42. The van der Waals surface area contributed by atoms with Crippen LogP contribution in [0.5, 0.6) is 0 Å². The molecule has 122 valence electrons. The van der Waals surface area contributed by atoms with Crippen molar-refractivity contribution in [1.82, 2.24) is 5.32 Å². The van der Waals surface area contributed by atoms with Crippen LogP contribution in [-0.2, 0) is 9.59 Å². The van der Waals surface area contributed by atoms with Gasteiger partial charge in [0.2, 0.25) is 5.91 Å². The molecule has 1 aromatic carbocycles. The lowest BCUT2D eigenvalue weighted by atomic mass is 9.99. The summed E-state index contributed by atoms with van der Waals surface area (Å²) in [5.41, 5.74) is 0.996. The van der Waals surface area contributed by atoms with Crippen LogP contribution in [0, 0.1) is 29.6 Å². The Kier molecular flexibility index (Phi) is 3.63. The third-order valence-electron chi connectivity index (χ3n) is 6.20. The predicted molar refractivity (Wildman–Crippen MR) is 85.5 cm³/mol. The van der Waals surface area contributed by atoms with E-state index in [0.717, 1.165) is 17.4 Å². The van der Waals surface area contributed by atoms with Crippen LogP contribution in [0.15, 0.2) is 30.3 Å². The van der Waals surface area contributed by atoms with Gasteiger partial charge in [-0.1, -0.05) is 30.3 Å². The highest BCUT2D eigenvalue weighted by Gasteiger charge is 2.67. The molecule has 5 unspecified atom stereocenters. The molecule has 3 fully saturated rings. The molecule has 2 bridgehead atoms. The van der Waals surface area contributed by atoms with E-state index in [1.807, 2.05) is 30.3 Å². The molecule has 0 heterocycles. The second kappa shape index (κ2) is 5.66. The third-order valence-corrected chi connectivity index (χ3v) is 6.20. The van der Waals surface area contributed by atoms with Gasteiger partial charge in [0, 0.05) is 12.3 Å². The van der Waals surface area contributed by atoms with E-state index < -0.39 is 5.97 Å². The van der Waals surface area contributed by atoms with Gasteiger partial charge in [0.25, 0.3) is 0 Å². The Labute approximate surface area is 136 Å². The Morgan fingerprint density at radius 2 is 1.78 bits per heavy atom. The average Bonchev–Trinajstić information content (AvgIpc) is 3.00. The second-order valence-electron chi connectivity index (χ2n) is 7.42. The van der Waals surface area contributed by atoms with E-state index in [4.69, 9.17) is 5.11 Å². The first-order chi connectivity index (χ1) is 11.1. The number of fused-ring (bicyclic) bond motifs is 5. The Morgan fingerprint density at radius 1 is 1.13 bits per heavy atom. The first-order valence-corrected chi connectivity index (χ1v) is 8.72. The van der Waals surface area contributed by atoms with Crippen molar-refractivity contribution in [3.63, 3.8) is 0 Å². The molecule has 0 saturated heterocycles. The van der Waals surface area contributed by atoms with Crippen LogP contribution in [0.3, 0.4) is 0 Å². The van der Waals surface area contributed by atoms with Crippen LogP contribution in [-0.4, -0.2) is 17.0 Å². The third kappa shape index (κ3) is 2.64. The number of amides is 1. The Balaban J connectivity index is 1.43. The van der Waals surface area contributed by atoms with Gasteiger partial charge >= 0.3 is 5.97 Å². The standard InChI is InChI=1S/C19H23NO3/c21-15(22)9-8-14(11-4-2-1-3-5-11)20-19(23)18-16-12-6-7-13(10-12)17(16)18/h1-5,12-14,16-18H,6-10H2,(H,20,23)(H,21,22). The number of rotatable bonds is 6. The summed E-state index contributed by atoms with van der Waals surface area (Å²) in [7, 11) is 0. The Hall–Kier alpha value is -1.84. The summed E-state index contributed by atoms with van der Waals surface area (Å²) in [6.07, 6.45) is 4.45. The highest BCUT2D eigenvalue weighted by molar-refractivity contribution is 5.83. The molecule has 23 heavy (non-hydrogen) atoms. The average molecular weight is 313 g/mol. The van der Waals surface area contributed by atoms with E-state index >= 15 is 0 Å². The number of nitrogens with one attached hydrogen (secondary N) is 1. The van der Waals surface area contributed by atoms with E-state index in [2.05, 4.69) is 5.32 Å². The van der Waals surface area contributed by atoms with Crippen molar-refractivity contribution >= 4 is 11.9 Å². The molecule has 0 spiro atoms. The van der Waals surface area contributed by atoms with Gasteiger partial charge in [0.15, 0.2) is 0 Å². The lowest BCUT2D eigenvalue weighted by molar-refractivity contribution is -0.137. The summed E-state index contributed by atoms with van der Waals surface area (Å²) in [5.74, 6) is 2.30. The SMILES string of the molecule is O=C(O)CCC(NC(=O)C1C2C3CCC(C3)C12)c1ccccc1. The number of carbonyl (C=O) groups is 2. The molecule has 5 atom stereocenters. The van der Waals surface area contributed by atoms with Gasteiger partial charge in [-0.25, -0.2) is 0 Å². The summed E-state index contributed by atoms with van der Waals surface area (Å²) in [6, 6.07) is 9.53. The lowest BCUT2D eigenvalue weighted by Gasteiger charge is -2.20. The van der Waals surface area contributed by atoms with Crippen molar-refractivity contribution in [2.45, 2.75) is 38.1 Å². The maximum absolute atomic E-state index is 12.7. The Morgan fingerprint density at radius 3 is 2.39 bits per heavy atom. The van der Waals surface area contributed by atoms with Gasteiger partial charge in [-0.3, -0.25) is 9.59 Å². The van der Waals surface area contributed by atoms with Crippen molar-refractivity contribution in [3.05, 3.63) is 35.9 Å². The minimum absolute atomic E-state index is 0.0720. The molecule has 3 aliphatic rings. The molecule has 3 saturated carbocycles. The minimum Gasteiger partial charge on any atom is -0.481 e. The molecule has 0 aromatic heterocycles. The summed E-state index contributed by atoms with van der Waals surface area (Å²) in [6.45, 7) is 0. The van der Waals surface area contributed by atoms with E-state index in [1.54, 1.807) is 0 Å². The van der Waals surface area contributed by atoms with E-state index in [9.17, 15) is 9.59 Å². The van der Waals surface area contributed by atoms with Crippen molar-refractivity contribution in [2.24, 2.45) is 29.6 Å². The largest absolute Gasteiger partial charge is 0.481 e. The fraction of sp³-hybridized carbons (Fsp3) is 0.579. The smallest absolute Gasteiger partial charge is 0.303 e. The topological polar surface area (TPSA) is 66.4 Å². The summed E-state index contributed by atoms with van der Waals surface area (Å²) >= 11 is 0. The summed E-state index contributed by atoms with van der Waals surface area (Å²) in [4.78, 5) is 23.6. The zero-order chi connectivity index (χ0) is 16.0. The maximum atomic E-state index is 12.7. The first-order valence-electron chi connectivity index (χ1n) is 8.72. The molecule has 0 radical (unpaired) electrons. The lowest BCUT2D eigenvalue weighted by Crippen LogP contribution is -2.32. The number of benzene rings is 1. The zero-order valence-electron chi connectivity index (χ0n) is 13.2. The summed E-state index contributed by atoms with van der Waals surface area (Å²) in [5, 5.41) is 12.1. The fourth-order valence-electron chi connectivity index (χ4n) is 5.22. The molecular weight excluding hydrogens is 290 g/mol. The molecule has 0 aliphatic heterocycles. The highest BCUT2D eigenvalue weighted by Crippen LogP contribution is 2.69. The number of carboxylic acid groups (broad SMARTS) is 1. The van der Waals surface area contributed by atoms with Crippen molar-refractivity contribution in [3.8, 4) is 0 Å². The number of hydrogen-bond donors (Lipinski definition) is 2. The number of carboxylic acids is 1. The molecule has 1 amide bonds. The van der Waals surface area contributed by atoms with Crippen molar-refractivity contribution in [2.75, 3.05) is 0 Å². The quantitative estimate of drug-likeness (QED) is 0.848. The molecule has 4 nitrogen and oxygen atoms in total. The van der Waals surface area contributed by atoms with Crippen LogP contribution < -0.4 is 5.32 Å². The van der Waals surface area contributed by atoms with Crippen molar-refractivity contribution < 1.29 is 14.7 Å². The van der Waals surface area contributed by atoms with Gasteiger partial charge in [0.05, 0.1) is 6.04 Å². The van der Waals surface area contributed by atoms with E-state index in [0.29, 0.717) is 18.3 Å². The summed E-state index contributed by atoms with van der Waals surface area (Å²) < 4.78 is 0. The highest BCUT2D eigenvalue weighted by atomic mass is 16.4. The van der Waals surface area contributed by atoms with Crippen LogP contribution in [0.2, 0.25) is 0 Å². The van der Waals surface area contributed by atoms with Crippen LogP contribution >= 0.6 is 0 Å². The van der Waals surface area contributed by atoms with Crippen LogP contribution in [0.4, 0.5) is 0 Å². The zero-order valence-corrected chi connectivity index (χ0v) is 13.2. The Bertz CT molecular complexity index is 598. The monoisotopic (exact) mass is 313 g/mol. The molecule has 2 N–H and O–H groups in total. The maximum Gasteiger partial charge on any atom is 0.303 e. The fourth-order valence-corrected chi connectivity index (χ4v) is 5.22. The van der Waals surface area contributed by atoms with E-state index in [-0.39, 0.29) is 24.3 Å². The van der Waals surface area contributed by atoms with Crippen molar-refractivity contribution in [1.29, 1.82) is 0 Å². The van der Waals surface area contributed by atoms with Gasteiger partial charge < -0.3 is 10.4 Å². The molecule has 4 rings (SSSR count). The minimum atomic E-state index is -0.818. The van der Waals surface area contributed by atoms with Crippen LogP contribution in [0.1, 0.15) is 43.7 Å². The van der Waals surface area contributed by atoms with Gasteiger partial charge in [-0.05, 0) is 54.9 Å². The van der Waals surface area contributed by atoms with Crippen LogP contribution in [0.25, 0.3) is 0 Å². The molecule has 1 aromatic rings. The molecular formula is C19H23NO3. The number of hydrogen-bond acceptors (Lipinski definition) is 2. The molecule has 4 heteroatoms. The van der Waals surface area contributed by atoms with Gasteiger partial charge in [-0.2, -0.15) is 0 Å². The van der Waals surface area contributed by atoms with Gasteiger partial charge in [0.1, 0.15) is 0 Å². The number of carbonyl (C=O) groups excluding carboxylic acids is 1. The van der Waals surface area contributed by atoms with E-state index in [1.165, 1.54) is 19.3 Å².